The van der Waals surface area contributed by atoms with Gasteiger partial charge in [0.05, 0.1) is 24.8 Å². The summed E-state index contributed by atoms with van der Waals surface area (Å²) in [6, 6.07) is 7.69. The number of ether oxygens (including phenoxy) is 1. The largest absolute Gasteiger partial charge is 0.480 e. The Kier molecular flexibility index (Phi) is 4.82. The van der Waals surface area contributed by atoms with Gasteiger partial charge >= 0.3 is 5.97 Å². The molecule has 2 aromatic rings. The van der Waals surface area contributed by atoms with Crippen LogP contribution in [0.15, 0.2) is 36.7 Å². The van der Waals surface area contributed by atoms with Crippen molar-refractivity contribution in [2.24, 2.45) is 0 Å². The van der Waals surface area contributed by atoms with E-state index in [1.807, 2.05) is 41.1 Å². The number of nitrogens with zero attached hydrogens (tertiary/aromatic N) is 3. The van der Waals surface area contributed by atoms with E-state index in [2.05, 4.69) is 0 Å². The fourth-order valence-electron chi connectivity index (χ4n) is 3.01. The van der Waals surface area contributed by atoms with E-state index in [0.29, 0.717) is 31.8 Å². The Morgan fingerprint density at radius 3 is 3.00 bits per heavy atom. The molecule has 3 heterocycles. The van der Waals surface area contributed by atoms with Crippen LogP contribution >= 0.6 is 0 Å². The molecule has 3 rings (SSSR count). The second-order valence-corrected chi connectivity index (χ2v) is 6.10. The third kappa shape index (κ3) is 3.74. The first-order chi connectivity index (χ1) is 11.5. The van der Waals surface area contributed by atoms with E-state index in [0.717, 1.165) is 5.52 Å². The molecule has 0 radical (unpaired) electrons. The Balaban J connectivity index is 1.65. The Bertz CT molecular complexity index is 709. The molecule has 128 valence electrons. The summed E-state index contributed by atoms with van der Waals surface area (Å²) in [6.45, 7) is 1.91. The molecule has 0 aliphatic carbocycles. The average Bonchev–Trinajstić information content (AvgIpc) is 2.97. The number of likely N-dealkylation sites (N-methyl/N-ethyl adjacent to an activating group) is 1. The van der Waals surface area contributed by atoms with Gasteiger partial charge in [-0.15, -0.1) is 0 Å². The molecule has 7 heteroatoms. The van der Waals surface area contributed by atoms with Crippen LogP contribution in [0.5, 0.6) is 0 Å². The Hall–Kier alpha value is -2.38. The molecule has 0 bridgehead atoms. The monoisotopic (exact) mass is 331 g/mol. The molecule has 1 amide bonds. The molecule has 0 spiro atoms. The third-order valence-electron chi connectivity index (χ3n) is 4.10. The molecular formula is C17H21N3O4. The molecule has 1 fully saturated rings. The highest BCUT2D eigenvalue weighted by molar-refractivity contribution is 5.95. The Morgan fingerprint density at radius 2 is 2.25 bits per heavy atom. The second kappa shape index (κ2) is 7.02. The van der Waals surface area contributed by atoms with E-state index in [-0.39, 0.29) is 18.6 Å². The van der Waals surface area contributed by atoms with Crippen molar-refractivity contribution < 1.29 is 19.4 Å². The first-order valence-electron chi connectivity index (χ1n) is 7.91. The highest BCUT2D eigenvalue weighted by Crippen LogP contribution is 2.15. The van der Waals surface area contributed by atoms with Crippen molar-refractivity contribution in [2.45, 2.75) is 6.10 Å². The fourth-order valence-corrected chi connectivity index (χ4v) is 3.01. The van der Waals surface area contributed by atoms with Gasteiger partial charge in [-0.25, -0.2) is 0 Å². The smallest absolute Gasteiger partial charge is 0.317 e. The molecule has 1 aliphatic heterocycles. The van der Waals surface area contributed by atoms with Crippen molar-refractivity contribution in [3.8, 4) is 0 Å². The Morgan fingerprint density at radius 1 is 1.42 bits per heavy atom. The van der Waals surface area contributed by atoms with Gasteiger partial charge in [-0.05, 0) is 25.2 Å². The van der Waals surface area contributed by atoms with Gasteiger partial charge in [-0.1, -0.05) is 6.07 Å². The van der Waals surface area contributed by atoms with Gasteiger partial charge in [0.15, 0.2) is 0 Å². The van der Waals surface area contributed by atoms with Crippen LogP contribution in [0.2, 0.25) is 0 Å². The summed E-state index contributed by atoms with van der Waals surface area (Å²) in [5, 5.41) is 8.82. The van der Waals surface area contributed by atoms with Crippen LogP contribution in [0.3, 0.4) is 0 Å². The maximum Gasteiger partial charge on any atom is 0.317 e. The van der Waals surface area contributed by atoms with E-state index < -0.39 is 5.97 Å². The maximum absolute atomic E-state index is 12.7. The molecular weight excluding hydrogens is 310 g/mol. The number of aromatic nitrogens is 1. The SMILES string of the molecule is CN(CC(=O)O)C[C@@H]1CN(C(=O)c2cc3ccccn3c2)CCO1. The summed E-state index contributed by atoms with van der Waals surface area (Å²) in [5.41, 5.74) is 1.63. The first kappa shape index (κ1) is 16.5. The summed E-state index contributed by atoms with van der Waals surface area (Å²) >= 11 is 0. The predicted molar refractivity (Wildman–Crippen MR) is 88.2 cm³/mol. The summed E-state index contributed by atoms with van der Waals surface area (Å²) in [6.07, 6.45) is 3.57. The highest BCUT2D eigenvalue weighted by atomic mass is 16.5. The molecule has 24 heavy (non-hydrogen) atoms. The molecule has 1 saturated heterocycles. The number of hydrogen-bond acceptors (Lipinski definition) is 4. The normalized spacial score (nSPS) is 18.2. The number of aliphatic carboxylic acids is 1. The lowest BCUT2D eigenvalue weighted by Gasteiger charge is -2.34. The lowest BCUT2D eigenvalue weighted by Crippen LogP contribution is -2.49. The number of pyridine rings is 1. The number of carbonyl (C=O) groups is 2. The summed E-state index contributed by atoms with van der Waals surface area (Å²) in [4.78, 5) is 26.9. The van der Waals surface area contributed by atoms with Gasteiger partial charge in [0, 0.05) is 37.5 Å². The zero-order valence-corrected chi connectivity index (χ0v) is 13.6. The minimum atomic E-state index is -0.873. The van der Waals surface area contributed by atoms with Crippen molar-refractivity contribution in [2.75, 3.05) is 39.8 Å². The van der Waals surface area contributed by atoms with E-state index in [1.54, 1.807) is 16.8 Å². The first-order valence-corrected chi connectivity index (χ1v) is 7.91. The zero-order chi connectivity index (χ0) is 17.1. The van der Waals surface area contributed by atoms with Crippen LogP contribution in [0, 0.1) is 0 Å². The Labute approximate surface area is 140 Å². The molecule has 0 aromatic carbocycles. The van der Waals surface area contributed by atoms with Crippen LogP contribution in [0.25, 0.3) is 5.52 Å². The number of carboxylic acids is 1. The van der Waals surface area contributed by atoms with Crippen LogP contribution in [-0.4, -0.2) is 77.1 Å². The van der Waals surface area contributed by atoms with Crippen LogP contribution < -0.4 is 0 Å². The standard InChI is InChI=1S/C17H21N3O4/c1-18(12-16(21)22)10-15-11-20(6-7-24-15)17(23)13-8-14-4-2-3-5-19(14)9-13/h2-5,8-9,15H,6-7,10-12H2,1H3,(H,21,22)/t15-/m1/s1. The highest BCUT2D eigenvalue weighted by Gasteiger charge is 2.26. The van der Waals surface area contributed by atoms with E-state index >= 15 is 0 Å². The molecule has 1 aliphatic rings. The summed E-state index contributed by atoms with van der Waals surface area (Å²) in [5.74, 6) is -0.894. The topological polar surface area (TPSA) is 74.5 Å². The van der Waals surface area contributed by atoms with Crippen LogP contribution in [-0.2, 0) is 9.53 Å². The number of carboxylic acid groups (broad SMARTS) is 1. The van der Waals surface area contributed by atoms with Gasteiger partial charge in [0.2, 0.25) is 0 Å². The minimum absolute atomic E-state index is 0.0205. The van der Waals surface area contributed by atoms with Gasteiger partial charge in [0.25, 0.3) is 5.91 Å². The van der Waals surface area contributed by atoms with Crippen LogP contribution in [0.4, 0.5) is 0 Å². The second-order valence-electron chi connectivity index (χ2n) is 6.10. The van der Waals surface area contributed by atoms with E-state index in [9.17, 15) is 9.59 Å². The van der Waals surface area contributed by atoms with Gasteiger partial charge in [-0.2, -0.15) is 0 Å². The minimum Gasteiger partial charge on any atom is -0.480 e. The lowest BCUT2D eigenvalue weighted by molar-refractivity contribution is -0.138. The molecule has 0 saturated carbocycles. The van der Waals surface area contributed by atoms with E-state index in [4.69, 9.17) is 9.84 Å². The molecule has 7 nitrogen and oxygen atoms in total. The maximum atomic E-state index is 12.7. The number of fused-ring (bicyclic) bond motifs is 1. The van der Waals surface area contributed by atoms with Crippen molar-refractivity contribution in [1.82, 2.24) is 14.2 Å². The summed E-state index contributed by atoms with van der Waals surface area (Å²) < 4.78 is 7.59. The average molecular weight is 331 g/mol. The molecule has 1 atom stereocenters. The number of morpholine rings is 1. The zero-order valence-electron chi connectivity index (χ0n) is 13.6. The number of rotatable bonds is 5. The third-order valence-corrected chi connectivity index (χ3v) is 4.10. The number of carbonyl (C=O) groups excluding carboxylic acids is 1. The fraction of sp³-hybridized carbons (Fsp3) is 0.412. The van der Waals surface area contributed by atoms with Crippen molar-refractivity contribution in [1.29, 1.82) is 0 Å². The van der Waals surface area contributed by atoms with Gasteiger partial charge < -0.3 is 19.1 Å². The van der Waals surface area contributed by atoms with Gasteiger partial charge in [-0.3, -0.25) is 14.5 Å². The summed E-state index contributed by atoms with van der Waals surface area (Å²) in [7, 11) is 1.73. The van der Waals surface area contributed by atoms with Crippen molar-refractivity contribution in [3.63, 3.8) is 0 Å². The van der Waals surface area contributed by atoms with Gasteiger partial charge in [0.1, 0.15) is 0 Å². The lowest BCUT2D eigenvalue weighted by atomic mass is 10.2. The molecule has 1 N–H and O–H groups in total. The predicted octanol–water partition coefficient (Wildman–Crippen LogP) is 0.797. The van der Waals surface area contributed by atoms with Crippen molar-refractivity contribution >= 4 is 17.4 Å². The van der Waals surface area contributed by atoms with Crippen molar-refractivity contribution in [3.05, 3.63) is 42.2 Å². The number of amides is 1. The molecule has 2 aromatic heterocycles. The molecule has 0 unspecified atom stereocenters. The van der Waals surface area contributed by atoms with Crippen LogP contribution in [0.1, 0.15) is 10.4 Å². The van der Waals surface area contributed by atoms with E-state index in [1.165, 1.54) is 0 Å². The quantitative estimate of drug-likeness (QED) is 0.877. The number of hydrogen-bond donors (Lipinski definition) is 1.